The first-order valence-electron chi connectivity index (χ1n) is 11.4. The van der Waals surface area contributed by atoms with Gasteiger partial charge in [-0.15, -0.1) is 0 Å². The molecule has 0 aliphatic heterocycles. The number of carbonyl (C=O) groups is 1. The van der Waals surface area contributed by atoms with Crippen molar-refractivity contribution in [1.29, 1.82) is 0 Å². The average Bonchev–Trinajstić information content (AvgIpc) is 3.16. The number of benzene rings is 2. The first-order chi connectivity index (χ1) is 16.0. The molecule has 0 saturated heterocycles. The Morgan fingerprint density at radius 3 is 2.33 bits per heavy atom. The topological polar surface area (TPSA) is 57.0 Å². The summed E-state index contributed by atoms with van der Waals surface area (Å²) in [6.45, 7) is 9.08. The summed E-state index contributed by atoms with van der Waals surface area (Å²) in [5.41, 5.74) is 7.98. The molecule has 0 radical (unpaired) electrons. The van der Waals surface area contributed by atoms with Crippen molar-refractivity contribution < 1.29 is 9.53 Å². The Morgan fingerprint density at radius 2 is 1.67 bits per heavy atom. The summed E-state index contributed by atoms with van der Waals surface area (Å²) in [4.78, 5) is 21.8. The molecule has 2 aromatic carbocycles. The van der Waals surface area contributed by atoms with Crippen LogP contribution in [0.4, 0.5) is 0 Å². The van der Waals surface area contributed by atoms with Gasteiger partial charge in [0.25, 0.3) is 0 Å². The fourth-order valence-corrected chi connectivity index (χ4v) is 4.11. The highest BCUT2D eigenvalue weighted by molar-refractivity contribution is 5.96. The lowest BCUT2D eigenvalue weighted by atomic mass is 9.96. The highest BCUT2D eigenvalue weighted by atomic mass is 16.5. The summed E-state index contributed by atoms with van der Waals surface area (Å²) in [5, 5.41) is 0. The van der Waals surface area contributed by atoms with Crippen LogP contribution in [-0.2, 0) is 22.5 Å². The molecule has 0 unspecified atom stereocenters. The van der Waals surface area contributed by atoms with E-state index in [1.54, 1.807) is 6.08 Å². The van der Waals surface area contributed by atoms with E-state index < -0.39 is 0 Å². The van der Waals surface area contributed by atoms with Crippen LogP contribution in [0.15, 0.2) is 66.7 Å². The van der Waals surface area contributed by atoms with E-state index in [4.69, 9.17) is 14.7 Å². The van der Waals surface area contributed by atoms with Crippen molar-refractivity contribution in [2.45, 2.75) is 40.7 Å². The van der Waals surface area contributed by atoms with Crippen molar-refractivity contribution in [2.24, 2.45) is 0 Å². The van der Waals surface area contributed by atoms with Crippen LogP contribution in [0.1, 0.15) is 47.6 Å². The minimum absolute atomic E-state index is 0.338. The fraction of sp³-hybridized carbons (Fsp3) is 0.250. The maximum Gasteiger partial charge on any atom is 0.331 e. The number of rotatable bonds is 7. The molecule has 0 aliphatic rings. The number of carbonyl (C=O) groups excluding carboxylic acids is 1. The van der Waals surface area contributed by atoms with Crippen LogP contribution >= 0.6 is 0 Å². The predicted molar refractivity (Wildman–Crippen MR) is 132 cm³/mol. The highest BCUT2D eigenvalue weighted by Crippen LogP contribution is 2.25. The van der Waals surface area contributed by atoms with E-state index in [1.165, 1.54) is 0 Å². The van der Waals surface area contributed by atoms with Gasteiger partial charge in [0, 0.05) is 18.2 Å². The monoisotopic (exact) mass is 439 g/mol. The summed E-state index contributed by atoms with van der Waals surface area (Å²) in [6.07, 6.45) is 2.41. The summed E-state index contributed by atoms with van der Waals surface area (Å²) in [7, 11) is 0. The number of nitrogens with zero attached hydrogens (tertiary/aromatic N) is 3. The molecule has 0 spiro atoms. The van der Waals surface area contributed by atoms with Crippen LogP contribution in [0, 0.1) is 13.8 Å². The Labute approximate surface area is 194 Å². The summed E-state index contributed by atoms with van der Waals surface area (Å²) < 4.78 is 7.37. The molecule has 5 nitrogen and oxygen atoms in total. The summed E-state index contributed by atoms with van der Waals surface area (Å²) in [6, 6.07) is 20.3. The maximum atomic E-state index is 12.2. The van der Waals surface area contributed by atoms with E-state index in [0.29, 0.717) is 13.2 Å². The summed E-state index contributed by atoms with van der Waals surface area (Å²) in [5.74, 6) is 0.692. The third-order valence-electron chi connectivity index (χ3n) is 5.66. The molecule has 2 aromatic heterocycles. The fourth-order valence-electron chi connectivity index (χ4n) is 4.11. The number of hydrogen-bond acceptors (Lipinski definition) is 4. The van der Waals surface area contributed by atoms with Crippen LogP contribution in [0.2, 0.25) is 0 Å². The standard InChI is InChI=1S/C28H29N3O2/c1-5-25-30-27-19(3)16-20(4)29-28(27)31(25)18-21-12-14-23(15-13-21)24(17-26(32)33-6-2)22-10-8-7-9-11-22/h7-17H,5-6,18H2,1-4H3/b24-17+. The molecule has 0 amide bonds. The molecule has 2 heterocycles. The van der Waals surface area contributed by atoms with Gasteiger partial charge < -0.3 is 9.30 Å². The van der Waals surface area contributed by atoms with Crippen LogP contribution in [-0.4, -0.2) is 27.1 Å². The van der Waals surface area contributed by atoms with Crippen LogP contribution in [0.3, 0.4) is 0 Å². The van der Waals surface area contributed by atoms with E-state index in [9.17, 15) is 4.79 Å². The van der Waals surface area contributed by atoms with Crippen LogP contribution in [0.25, 0.3) is 16.7 Å². The molecule has 168 valence electrons. The number of aryl methyl sites for hydroxylation is 3. The Bertz CT molecular complexity index is 1300. The third kappa shape index (κ3) is 4.87. The van der Waals surface area contributed by atoms with Crippen molar-refractivity contribution in [3.05, 3.63) is 101 Å². The van der Waals surface area contributed by atoms with Gasteiger partial charge in [0.05, 0.1) is 13.2 Å². The van der Waals surface area contributed by atoms with Gasteiger partial charge in [0.15, 0.2) is 5.65 Å². The average molecular weight is 440 g/mol. The first kappa shape index (κ1) is 22.5. The Balaban J connectivity index is 1.69. The number of aromatic nitrogens is 3. The number of esters is 1. The second kappa shape index (κ2) is 9.82. The second-order valence-corrected chi connectivity index (χ2v) is 8.09. The normalized spacial score (nSPS) is 11.7. The molecule has 0 fully saturated rings. The highest BCUT2D eigenvalue weighted by Gasteiger charge is 2.14. The molecular formula is C28H29N3O2. The van der Waals surface area contributed by atoms with Gasteiger partial charge >= 0.3 is 5.97 Å². The van der Waals surface area contributed by atoms with E-state index in [0.717, 1.165) is 56.9 Å². The lowest BCUT2D eigenvalue weighted by Gasteiger charge is -2.12. The first-order valence-corrected chi connectivity index (χ1v) is 11.4. The number of ether oxygens (including phenoxy) is 1. The van der Waals surface area contributed by atoms with Crippen molar-refractivity contribution in [3.63, 3.8) is 0 Å². The maximum absolute atomic E-state index is 12.2. The van der Waals surface area contributed by atoms with Gasteiger partial charge in [-0.2, -0.15) is 0 Å². The zero-order valence-corrected chi connectivity index (χ0v) is 19.6. The minimum atomic E-state index is -0.338. The van der Waals surface area contributed by atoms with Crippen molar-refractivity contribution in [1.82, 2.24) is 14.5 Å². The molecule has 0 bridgehead atoms. The van der Waals surface area contributed by atoms with Crippen molar-refractivity contribution >= 4 is 22.7 Å². The molecule has 4 rings (SSSR count). The van der Waals surface area contributed by atoms with Crippen molar-refractivity contribution in [2.75, 3.05) is 6.61 Å². The lowest BCUT2D eigenvalue weighted by molar-refractivity contribution is -0.137. The molecule has 0 saturated carbocycles. The smallest absolute Gasteiger partial charge is 0.331 e. The third-order valence-corrected chi connectivity index (χ3v) is 5.66. The largest absolute Gasteiger partial charge is 0.463 e. The van der Waals surface area contributed by atoms with E-state index in [-0.39, 0.29) is 5.97 Å². The van der Waals surface area contributed by atoms with Gasteiger partial charge in [-0.25, -0.2) is 14.8 Å². The van der Waals surface area contributed by atoms with Crippen LogP contribution < -0.4 is 0 Å². The molecule has 0 N–H and O–H groups in total. The van der Waals surface area contributed by atoms with Crippen LogP contribution in [0.5, 0.6) is 0 Å². The molecular weight excluding hydrogens is 410 g/mol. The zero-order valence-electron chi connectivity index (χ0n) is 19.6. The number of pyridine rings is 1. The molecule has 33 heavy (non-hydrogen) atoms. The Morgan fingerprint density at radius 1 is 0.970 bits per heavy atom. The molecule has 0 aliphatic carbocycles. The lowest BCUT2D eigenvalue weighted by Crippen LogP contribution is -2.06. The van der Waals surface area contributed by atoms with Gasteiger partial charge in [-0.05, 0) is 54.7 Å². The molecule has 5 heteroatoms. The number of imidazole rings is 1. The molecule has 4 aromatic rings. The minimum Gasteiger partial charge on any atom is -0.463 e. The van der Waals surface area contributed by atoms with E-state index in [2.05, 4.69) is 48.7 Å². The van der Waals surface area contributed by atoms with Gasteiger partial charge in [-0.3, -0.25) is 0 Å². The second-order valence-electron chi connectivity index (χ2n) is 8.09. The molecule has 0 atom stereocenters. The van der Waals surface area contributed by atoms with Gasteiger partial charge in [-0.1, -0.05) is 61.5 Å². The quantitative estimate of drug-likeness (QED) is 0.276. The predicted octanol–water partition coefficient (Wildman–Crippen LogP) is 5.65. The summed E-state index contributed by atoms with van der Waals surface area (Å²) >= 11 is 0. The number of fused-ring (bicyclic) bond motifs is 1. The van der Waals surface area contributed by atoms with E-state index in [1.807, 2.05) is 44.2 Å². The van der Waals surface area contributed by atoms with Gasteiger partial charge in [0.2, 0.25) is 0 Å². The zero-order chi connectivity index (χ0) is 23.4. The SMILES string of the molecule is CCOC(=O)/C=C(\c1ccccc1)c1ccc(Cn2c(CC)nc3c(C)cc(C)nc32)cc1. The number of hydrogen-bond donors (Lipinski definition) is 0. The van der Waals surface area contributed by atoms with Crippen molar-refractivity contribution in [3.8, 4) is 0 Å². The van der Waals surface area contributed by atoms with Gasteiger partial charge in [0.1, 0.15) is 11.3 Å². The van der Waals surface area contributed by atoms with E-state index >= 15 is 0 Å². The Hall–Kier alpha value is -3.73. The Kier molecular flexibility index (Phi) is 6.68.